The summed E-state index contributed by atoms with van der Waals surface area (Å²) in [6.07, 6.45) is 3.39. The van der Waals surface area contributed by atoms with Crippen LogP contribution in [0.2, 0.25) is 0 Å². The summed E-state index contributed by atoms with van der Waals surface area (Å²) >= 11 is 1.77. The largest absolute Gasteiger partial charge is 0.497 e. The molecule has 0 amide bonds. The smallest absolute Gasteiger partial charge is 0.185 e. The molecule has 0 radical (unpaired) electrons. The number of thioether (sulfide) groups is 1. The fourth-order valence-corrected chi connectivity index (χ4v) is 3.60. The summed E-state index contributed by atoms with van der Waals surface area (Å²) in [5.41, 5.74) is 2.67. The summed E-state index contributed by atoms with van der Waals surface area (Å²) in [6, 6.07) is 23.4. The maximum absolute atomic E-state index is 12.3. The molecule has 0 bridgehead atoms. The Morgan fingerprint density at radius 3 is 2.36 bits per heavy atom. The summed E-state index contributed by atoms with van der Waals surface area (Å²) < 4.78 is 10.7. The van der Waals surface area contributed by atoms with Gasteiger partial charge in [0.1, 0.15) is 11.5 Å². The predicted molar refractivity (Wildman–Crippen MR) is 115 cm³/mol. The Morgan fingerprint density at radius 1 is 0.929 bits per heavy atom. The van der Waals surface area contributed by atoms with E-state index in [1.54, 1.807) is 56.3 Å². The van der Waals surface area contributed by atoms with Crippen molar-refractivity contribution in [1.29, 1.82) is 0 Å². The molecule has 3 aromatic rings. The summed E-state index contributed by atoms with van der Waals surface area (Å²) in [7, 11) is 3.27. The third-order valence-electron chi connectivity index (χ3n) is 4.25. The predicted octanol–water partition coefficient (Wildman–Crippen LogP) is 5.89. The fraction of sp³-hybridized carbons (Fsp3) is 0.125. The first-order valence-corrected chi connectivity index (χ1v) is 9.89. The van der Waals surface area contributed by atoms with E-state index in [9.17, 15) is 4.79 Å². The molecule has 0 atom stereocenters. The van der Waals surface area contributed by atoms with E-state index in [-0.39, 0.29) is 5.78 Å². The number of benzene rings is 3. The first kappa shape index (κ1) is 19.8. The lowest BCUT2D eigenvalue weighted by Gasteiger charge is -2.09. The zero-order valence-corrected chi connectivity index (χ0v) is 16.7. The van der Waals surface area contributed by atoms with Crippen molar-refractivity contribution < 1.29 is 14.3 Å². The monoisotopic (exact) mass is 390 g/mol. The highest BCUT2D eigenvalue weighted by atomic mass is 32.2. The fourth-order valence-electron chi connectivity index (χ4n) is 2.69. The Labute approximate surface area is 170 Å². The lowest BCUT2D eigenvalue weighted by molar-refractivity contribution is 0.104. The van der Waals surface area contributed by atoms with Gasteiger partial charge in [-0.05, 0) is 54.1 Å². The number of ether oxygens (including phenoxy) is 2. The molecule has 0 saturated heterocycles. The third kappa shape index (κ3) is 5.27. The number of carbonyl (C=O) groups is 1. The number of hydrogen-bond acceptors (Lipinski definition) is 4. The zero-order chi connectivity index (χ0) is 19.8. The Morgan fingerprint density at radius 2 is 1.68 bits per heavy atom. The van der Waals surface area contributed by atoms with Crippen LogP contribution in [0.1, 0.15) is 21.5 Å². The molecule has 3 nitrogen and oxygen atoms in total. The van der Waals surface area contributed by atoms with Gasteiger partial charge in [0.15, 0.2) is 5.78 Å². The van der Waals surface area contributed by atoms with Crippen LogP contribution >= 0.6 is 11.8 Å². The van der Waals surface area contributed by atoms with Gasteiger partial charge >= 0.3 is 0 Å². The number of rotatable bonds is 8. The van der Waals surface area contributed by atoms with Crippen LogP contribution in [0.5, 0.6) is 11.5 Å². The first-order chi connectivity index (χ1) is 13.7. The molecule has 28 heavy (non-hydrogen) atoms. The van der Waals surface area contributed by atoms with Crippen molar-refractivity contribution in [2.24, 2.45) is 0 Å². The van der Waals surface area contributed by atoms with Gasteiger partial charge in [-0.1, -0.05) is 36.4 Å². The number of allylic oxidation sites excluding steroid dienone is 1. The molecule has 0 aromatic heterocycles. The van der Waals surface area contributed by atoms with Gasteiger partial charge in [0.2, 0.25) is 0 Å². The lowest BCUT2D eigenvalue weighted by Crippen LogP contribution is -1.94. The van der Waals surface area contributed by atoms with E-state index in [0.29, 0.717) is 5.56 Å². The molecule has 0 aliphatic carbocycles. The van der Waals surface area contributed by atoms with Gasteiger partial charge in [-0.3, -0.25) is 4.79 Å². The van der Waals surface area contributed by atoms with Gasteiger partial charge in [-0.15, -0.1) is 11.8 Å². The second-order valence-corrected chi connectivity index (χ2v) is 7.15. The average Bonchev–Trinajstić information content (AvgIpc) is 2.77. The molecule has 3 rings (SSSR count). The second kappa shape index (κ2) is 9.81. The van der Waals surface area contributed by atoms with Crippen LogP contribution in [0.15, 0.2) is 83.8 Å². The van der Waals surface area contributed by atoms with Crippen molar-refractivity contribution >= 4 is 23.6 Å². The van der Waals surface area contributed by atoms with Crippen LogP contribution in [0.3, 0.4) is 0 Å². The number of carbonyl (C=O) groups excluding carboxylic acids is 1. The van der Waals surface area contributed by atoms with Crippen molar-refractivity contribution in [1.82, 2.24) is 0 Å². The minimum atomic E-state index is -0.0506. The van der Waals surface area contributed by atoms with E-state index in [0.717, 1.165) is 28.4 Å². The van der Waals surface area contributed by atoms with Crippen molar-refractivity contribution in [2.45, 2.75) is 10.6 Å². The van der Waals surface area contributed by atoms with E-state index >= 15 is 0 Å². The van der Waals surface area contributed by atoms with Crippen molar-refractivity contribution in [2.75, 3.05) is 14.2 Å². The number of ketones is 1. The lowest BCUT2D eigenvalue weighted by atomic mass is 10.1. The maximum atomic E-state index is 12.3. The van der Waals surface area contributed by atoms with Crippen LogP contribution in [0.4, 0.5) is 0 Å². The average molecular weight is 391 g/mol. The van der Waals surface area contributed by atoms with E-state index in [1.807, 2.05) is 42.5 Å². The van der Waals surface area contributed by atoms with Crippen LogP contribution in [0, 0.1) is 0 Å². The molecule has 3 aromatic carbocycles. The molecule has 0 fully saturated rings. The highest BCUT2D eigenvalue weighted by Gasteiger charge is 2.06. The van der Waals surface area contributed by atoms with E-state index in [2.05, 4.69) is 12.1 Å². The van der Waals surface area contributed by atoms with Gasteiger partial charge in [-0.25, -0.2) is 0 Å². The SMILES string of the molecule is COc1ccc(C(=O)/C=C/c2ccc(CSc3ccccc3)c(OC)c2)cc1. The zero-order valence-electron chi connectivity index (χ0n) is 15.9. The highest BCUT2D eigenvalue weighted by Crippen LogP contribution is 2.29. The van der Waals surface area contributed by atoms with Crippen molar-refractivity contribution in [3.05, 3.63) is 95.6 Å². The van der Waals surface area contributed by atoms with Crippen LogP contribution in [-0.4, -0.2) is 20.0 Å². The van der Waals surface area contributed by atoms with Crippen LogP contribution in [-0.2, 0) is 5.75 Å². The Hall–Kier alpha value is -2.98. The van der Waals surface area contributed by atoms with E-state index in [1.165, 1.54) is 4.90 Å². The Kier molecular flexibility index (Phi) is 6.93. The maximum Gasteiger partial charge on any atom is 0.185 e. The third-order valence-corrected chi connectivity index (χ3v) is 5.31. The Bertz CT molecular complexity index is 947. The molecule has 0 N–H and O–H groups in total. The van der Waals surface area contributed by atoms with Crippen LogP contribution < -0.4 is 9.47 Å². The summed E-state index contributed by atoms with van der Waals surface area (Å²) in [4.78, 5) is 13.6. The van der Waals surface area contributed by atoms with Crippen molar-refractivity contribution in [3.8, 4) is 11.5 Å². The van der Waals surface area contributed by atoms with E-state index < -0.39 is 0 Å². The topological polar surface area (TPSA) is 35.5 Å². The summed E-state index contributed by atoms with van der Waals surface area (Å²) in [5, 5.41) is 0. The highest BCUT2D eigenvalue weighted by molar-refractivity contribution is 7.98. The molecule has 0 heterocycles. The standard InChI is InChI=1S/C24H22O3S/c1-26-21-13-11-19(12-14-21)23(25)15-9-18-8-10-20(24(16-18)27-2)17-28-22-6-4-3-5-7-22/h3-16H,17H2,1-2H3/b15-9+. The normalized spacial score (nSPS) is 10.8. The molecular weight excluding hydrogens is 368 g/mol. The molecule has 142 valence electrons. The van der Waals surface area contributed by atoms with Crippen molar-refractivity contribution in [3.63, 3.8) is 0 Å². The molecule has 0 aliphatic rings. The van der Waals surface area contributed by atoms with Gasteiger partial charge < -0.3 is 9.47 Å². The minimum Gasteiger partial charge on any atom is -0.497 e. The number of hydrogen-bond donors (Lipinski definition) is 0. The quantitative estimate of drug-likeness (QED) is 0.273. The number of methoxy groups -OCH3 is 2. The molecule has 4 heteroatoms. The van der Waals surface area contributed by atoms with Crippen LogP contribution in [0.25, 0.3) is 6.08 Å². The first-order valence-electron chi connectivity index (χ1n) is 8.91. The van der Waals surface area contributed by atoms with Gasteiger partial charge in [-0.2, -0.15) is 0 Å². The molecule has 0 spiro atoms. The molecule has 0 unspecified atom stereocenters. The van der Waals surface area contributed by atoms with Gasteiger partial charge in [0, 0.05) is 21.8 Å². The minimum absolute atomic E-state index is 0.0506. The summed E-state index contributed by atoms with van der Waals surface area (Å²) in [5.74, 6) is 2.32. The molecule has 0 aliphatic heterocycles. The second-order valence-electron chi connectivity index (χ2n) is 6.10. The molecular formula is C24H22O3S. The van der Waals surface area contributed by atoms with Gasteiger partial charge in [0.05, 0.1) is 14.2 Å². The van der Waals surface area contributed by atoms with E-state index in [4.69, 9.17) is 9.47 Å². The Balaban J connectivity index is 1.68. The van der Waals surface area contributed by atoms with Gasteiger partial charge in [0.25, 0.3) is 0 Å². The molecule has 0 saturated carbocycles. The summed E-state index contributed by atoms with van der Waals surface area (Å²) in [6.45, 7) is 0.